The zero-order valence-corrected chi connectivity index (χ0v) is 66.5. The van der Waals surface area contributed by atoms with Crippen molar-refractivity contribution in [3.05, 3.63) is 437 Å². The van der Waals surface area contributed by atoms with Gasteiger partial charge in [0, 0.05) is 82.8 Å². The van der Waals surface area contributed by atoms with Crippen LogP contribution in [-0.4, -0.2) is 29.9 Å². The number of furan rings is 3. The van der Waals surface area contributed by atoms with Crippen molar-refractivity contribution in [2.45, 2.75) is 0 Å². The first kappa shape index (κ1) is 72.8. The summed E-state index contributed by atoms with van der Waals surface area (Å²) in [4.78, 5) is 30.6. The highest BCUT2D eigenvalue weighted by Crippen LogP contribution is 2.44. The van der Waals surface area contributed by atoms with Gasteiger partial charge in [0.1, 0.15) is 33.5 Å². The predicted octanol–water partition coefficient (Wildman–Crippen LogP) is 30.6. The van der Waals surface area contributed by atoms with Gasteiger partial charge in [0.25, 0.3) is 0 Å². The van der Waals surface area contributed by atoms with Crippen LogP contribution in [0.5, 0.6) is 0 Å². The number of nitrogens with zero attached hydrogens (tertiary/aromatic N) is 6. The molecular weight excluding hydrogens is 1500 g/mol. The SMILES string of the molecule is c1ccc(-c2cccc(-c3nc(-c4ccc(-c5cccc6oc7ccccc7c56)cc4)cc4ncccc34)c2)cc1.c1ccc(-c2nc3ccc(-c4ccc(-c5cccc6oc7ccccc7c56)cc4)cc3nc2-c2ccccc2)cc1.c1ccc(-c2nc3cccc(-c4ccc(-c5cccc6oc7ccccc7c56)cc4)c3nc2-c2ccccc2)cc1. The normalized spacial score (nSPS) is 11.4. The largest absolute Gasteiger partial charge is 0.456 e. The molecule has 7 heterocycles. The van der Waals surface area contributed by atoms with Gasteiger partial charge in [-0.2, -0.15) is 0 Å². The topological polar surface area (TPSA) is 117 Å². The highest BCUT2D eigenvalue weighted by Gasteiger charge is 2.22. The molecule has 0 spiro atoms. The number of hydrogen-bond acceptors (Lipinski definition) is 9. The van der Waals surface area contributed by atoms with E-state index in [0.29, 0.717) is 0 Å². The minimum Gasteiger partial charge on any atom is -0.456 e. The van der Waals surface area contributed by atoms with Gasteiger partial charge in [-0.05, 0) is 140 Å². The molecule has 0 saturated heterocycles. The molecule has 0 unspecified atom stereocenters. The van der Waals surface area contributed by atoms with E-state index in [2.05, 4.69) is 285 Å². The summed E-state index contributed by atoms with van der Waals surface area (Å²) in [6.45, 7) is 0. The number of aromatic nitrogens is 6. The lowest BCUT2D eigenvalue weighted by Crippen LogP contribution is -1.97. The lowest BCUT2D eigenvalue weighted by molar-refractivity contribution is 0.668. The van der Waals surface area contributed by atoms with Gasteiger partial charge >= 0.3 is 0 Å². The van der Waals surface area contributed by atoms with Gasteiger partial charge in [0.2, 0.25) is 0 Å². The monoisotopic (exact) mass is 1570 g/mol. The Balaban J connectivity index is 0.000000110. The molecule has 576 valence electrons. The highest BCUT2D eigenvalue weighted by atomic mass is 16.3. The lowest BCUT2D eigenvalue weighted by atomic mass is 9.96. The molecule has 123 heavy (non-hydrogen) atoms. The van der Waals surface area contributed by atoms with E-state index in [1.165, 1.54) is 11.1 Å². The maximum atomic E-state index is 6.13. The Kier molecular flexibility index (Phi) is 18.8. The fourth-order valence-electron chi connectivity index (χ4n) is 17.2. The van der Waals surface area contributed by atoms with Crippen LogP contribution in [0.25, 0.3) is 233 Å². The van der Waals surface area contributed by atoms with Gasteiger partial charge in [0.15, 0.2) is 0 Å². The van der Waals surface area contributed by atoms with E-state index in [-0.39, 0.29) is 0 Å². The van der Waals surface area contributed by atoms with Crippen LogP contribution in [0.15, 0.2) is 450 Å². The number of fused-ring (bicyclic) bond motifs is 12. The Bertz CT molecular complexity index is 8030. The average Bonchev–Trinajstić information content (AvgIpc) is 1.50. The molecule has 0 saturated carbocycles. The van der Waals surface area contributed by atoms with E-state index in [9.17, 15) is 0 Å². The second-order valence-corrected chi connectivity index (χ2v) is 30.6. The van der Waals surface area contributed by atoms with Gasteiger partial charge in [0.05, 0.1) is 61.7 Å². The van der Waals surface area contributed by atoms with Crippen LogP contribution in [0.1, 0.15) is 0 Å². The fraction of sp³-hybridized carbons (Fsp3) is 0. The van der Waals surface area contributed by atoms with Crippen molar-refractivity contribution < 1.29 is 13.3 Å². The van der Waals surface area contributed by atoms with Gasteiger partial charge in [-0.3, -0.25) is 4.98 Å². The fourth-order valence-corrected chi connectivity index (χ4v) is 17.2. The average molecular weight is 1570 g/mol. The summed E-state index contributed by atoms with van der Waals surface area (Å²) in [5, 5.41) is 7.88. The van der Waals surface area contributed by atoms with E-state index in [0.717, 1.165) is 222 Å². The van der Waals surface area contributed by atoms with Crippen molar-refractivity contribution in [1.82, 2.24) is 29.9 Å². The maximum Gasteiger partial charge on any atom is 0.136 e. The predicted molar refractivity (Wildman–Crippen MR) is 506 cm³/mol. The first-order chi connectivity index (χ1) is 61.0. The molecule has 0 aliphatic rings. The molecule has 0 N–H and O–H groups in total. The lowest BCUT2D eigenvalue weighted by Gasteiger charge is -2.13. The molecular formula is C114H72N6O3. The number of pyridine rings is 2. The third-order valence-corrected chi connectivity index (χ3v) is 23.1. The van der Waals surface area contributed by atoms with Crippen LogP contribution in [0.2, 0.25) is 0 Å². The molecule has 7 aromatic heterocycles. The number of hydrogen-bond donors (Lipinski definition) is 0. The maximum absolute atomic E-state index is 6.13. The summed E-state index contributed by atoms with van der Waals surface area (Å²) in [6.07, 6.45) is 1.84. The molecule has 0 atom stereocenters. The van der Waals surface area contributed by atoms with Crippen molar-refractivity contribution in [2.75, 3.05) is 0 Å². The van der Waals surface area contributed by atoms with E-state index in [1.807, 2.05) is 152 Å². The van der Waals surface area contributed by atoms with Crippen LogP contribution in [0.3, 0.4) is 0 Å². The molecule has 9 heteroatoms. The van der Waals surface area contributed by atoms with Crippen molar-refractivity contribution in [2.24, 2.45) is 0 Å². The van der Waals surface area contributed by atoms with Gasteiger partial charge in [-0.25, -0.2) is 24.9 Å². The van der Waals surface area contributed by atoms with Crippen molar-refractivity contribution in [3.63, 3.8) is 0 Å². The zero-order chi connectivity index (χ0) is 81.5. The van der Waals surface area contributed by atoms with Crippen molar-refractivity contribution >= 4 is 98.8 Å². The van der Waals surface area contributed by atoms with Crippen LogP contribution in [0.4, 0.5) is 0 Å². The summed E-state index contributed by atoms with van der Waals surface area (Å²) < 4.78 is 18.4. The van der Waals surface area contributed by atoms with E-state index >= 15 is 0 Å². The molecule has 0 aliphatic carbocycles. The Morgan fingerprint density at radius 3 is 0.984 bits per heavy atom. The quantitative estimate of drug-likeness (QED) is 0.118. The van der Waals surface area contributed by atoms with Gasteiger partial charge in [-0.15, -0.1) is 0 Å². The van der Waals surface area contributed by atoms with Gasteiger partial charge in [-0.1, -0.05) is 352 Å². The molecule has 0 amide bonds. The third-order valence-electron chi connectivity index (χ3n) is 23.1. The molecule has 17 aromatic carbocycles. The Hall–Kier alpha value is -16.6. The molecule has 0 aliphatic heterocycles. The van der Waals surface area contributed by atoms with E-state index in [1.54, 1.807) is 0 Å². The molecule has 0 bridgehead atoms. The van der Waals surface area contributed by atoms with Crippen LogP contribution >= 0.6 is 0 Å². The molecule has 0 fully saturated rings. The summed E-state index contributed by atoms with van der Waals surface area (Å²) >= 11 is 0. The van der Waals surface area contributed by atoms with E-state index < -0.39 is 0 Å². The van der Waals surface area contributed by atoms with Crippen LogP contribution in [0, 0.1) is 0 Å². The second kappa shape index (κ2) is 31.7. The van der Waals surface area contributed by atoms with Gasteiger partial charge < -0.3 is 13.3 Å². The summed E-state index contributed by atoms with van der Waals surface area (Å²) in [6, 6.07) is 149. The Morgan fingerprint density at radius 2 is 0.496 bits per heavy atom. The smallest absolute Gasteiger partial charge is 0.136 e. The second-order valence-electron chi connectivity index (χ2n) is 30.6. The van der Waals surface area contributed by atoms with Crippen molar-refractivity contribution in [3.8, 4) is 134 Å². The zero-order valence-electron chi connectivity index (χ0n) is 66.5. The minimum atomic E-state index is 0.875. The summed E-state index contributed by atoms with van der Waals surface area (Å²) in [5.41, 5.74) is 35.3. The third kappa shape index (κ3) is 13.9. The van der Waals surface area contributed by atoms with Crippen LogP contribution in [-0.2, 0) is 0 Å². The number of para-hydroxylation sites is 4. The first-order valence-electron chi connectivity index (χ1n) is 41.3. The minimum absolute atomic E-state index is 0.875. The Morgan fingerprint density at radius 1 is 0.163 bits per heavy atom. The molecule has 9 nitrogen and oxygen atoms in total. The Labute approximate surface area is 708 Å². The highest BCUT2D eigenvalue weighted by molar-refractivity contribution is 6.15. The van der Waals surface area contributed by atoms with Crippen molar-refractivity contribution in [1.29, 1.82) is 0 Å². The molecule has 24 aromatic rings. The van der Waals surface area contributed by atoms with Crippen LogP contribution < -0.4 is 0 Å². The standard InChI is InChI=1S/3C38H24N2O/c1-3-11-27(12-4-1)36-37(28-13-5-2-6-14-28)40-38-30(17-9-18-32(38)39-36)26-23-21-25(22-24-26)29-16-10-20-34-35(29)31-15-7-8-19-33(31)41-34;1-3-10-27(11-4-1)37-38(28-12-5-2-6-13-28)40-33-24-29(22-23-32(33)39-37)25-18-20-26(21-19-25)30-15-9-17-35-36(30)31-14-7-8-16-34(31)41-35;1-2-9-25(10-3-1)28-11-6-12-29(23-28)38-31-15-8-22-39-34(31)24-33(40-38)27-20-18-26(19-21-27)30-14-7-17-36-37(30)32-13-4-5-16-35(32)41-36/h3*1-24H. The number of rotatable bonds is 12. The molecule has 0 radical (unpaired) electrons. The molecule has 24 rings (SSSR count). The first-order valence-corrected chi connectivity index (χ1v) is 41.3. The summed E-state index contributed by atoms with van der Waals surface area (Å²) in [7, 11) is 0. The summed E-state index contributed by atoms with van der Waals surface area (Å²) in [5.74, 6) is 0. The van der Waals surface area contributed by atoms with E-state index in [4.69, 9.17) is 43.2 Å². The number of benzene rings is 17.